The molecule has 2 rings (SSSR count). The van der Waals surface area contributed by atoms with E-state index in [9.17, 15) is 14.4 Å². The minimum absolute atomic E-state index is 0.121. The summed E-state index contributed by atoms with van der Waals surface area (Å²) in [7, 11) is 0. The first-order valence-electron chi connectivity index (χ1n) is 10.6. The number of piperidine rings is 1. The molecule has 160 valence electrons. The highest BCUT2D eigenvalue weighted by molar-refractivity contribution is 5.81. The van der Waals surface area contributed by atoms with Gasteiger partial charge in [0, 0.05) is 25.6 Å². The van der Waals surface area contributed by atoms with Crippen molar-refractivity contribution in [1.82, 2.24) is 10.2 Å². The van der Waals surface area contributed by atoms with Gasteiger partial charge in [0.25, 0.3) is 0 Å². The molecule has 2 atom stereocenters. The summed E-state index contributed by atoms with van der Waals surface area (Å²) >= 11 is 0. The van der Waals surface area contributed by atoms with Crippen LogP contribution in [0.3, 0.4) is 0 Å². The first-order chi connectivity index (χ1) is 13.2. The molecule has 2 amide bonds. The van der Waals surface area contributed by atoms with E-state index in [-0.39, 0.29) is 29.8 Å². The molecule has 0 radical (unpaired) electrons. The summed E-state index contributed by atoms with van der Waals surface area (Å²) in [4.78, 5) is 38.8. The molecule has 1 heterocycles. The number of hydrogen-bond acceptors (Lipinski definition) is 5. The monoisotopic (exact) mass is 396 g/mol. The first kappa shape index (κ1) is 22.5. The SMILES string of the molecule is CCOC(=O)CC1CCN(C(=O)C2CCCCC2NC(=O)OC(C)(C)C)CC1. The lowest BCUT2D eigenvalue weighted by Crippen LogP contribution is -2.51. The van der Waals surface area contributed by atoms with Gasteiger partial charge in [0.1, 0.15) is 5.60 Å². The van der Waals surface area contributed by atoms with Crippen molar-refractivity contribution < 1.29 is 23.9 Å². The highest BCUT2D eigenvalue weighted by atomic mass is 16.6. The highest BCUT2D eigenvalue weighted by Crippen LogP contribution is 2.29. The van der Waals surface area contributed by atoms with Crippen LogP contribution < -0.4 is 5.32 Å². The minimum Gasteiger partial charge on any atom is -0.466 e. The molecule has 0 aromatic rings. The quantitative estimate of drug-likeness (QED) is 0.721. The molecular weight excluding hydrogens is 360 g/mol. The van der Waals surface area contributed by atoms with Gasteiger partial charge in [-0.05, 0) is 59.3 Å². The summed E-state index contributed by atoms with van der Waals surface area (Å²) in [5.74, 6) is 0.0598. The van der Waals surface area contributed by atoms with Crippen molar-refractivity contribution in [2.24, 2.45) is 11.8 Å². The number of alkyl carbamates (subject to hydrolysis) is 1. The van der Waals surface area contributed by atoms with Crippen molar-refractivity contribution in [2.45, 2.75) is 84.3 Å². The zero-order valence-corrected chi connectivity index (χ0v) is 17.8. The van der Waals surface area contributed by atoms with Crippen LogP contribution in [0.4, 0.5) is 4.79 Å². The molecule has 2 aliphatic rings. The summed E-state index contributed by atoms with van der Waals surface area (Å²) in [5, 5.41) is 2.92. The summed E-state index contributed by atoms with van der Waals surface area (Å²) in [6.45, 7) is 9.04. The molecule has 7 heteroatoms. The summed E-state index contributed by atoms with van der Waals surface area (Å²) in [5.41, 5.74) is -0.556. The van der Waals surface area contributed by atoms with Crippen molar-refractivity contribution in [1.29, 1.82) is 0 Å². The first-order valence-corrected chi connectivity index (χ1v) is 10.6. The number of esters is 1. The van der Waals surface area contributed by atoms with Gasteiger partial charge in [0.05, 0.1) is 12.5 Å². The zero-order chi connectivity index (χ0) is 20.7. The Morgan fingerprint density at radius 3 is 2.29 bits per heavy atom. The lowest BCUT2D eigenvalue weighted by molar-refractivity contribution is -0.145. The minimum atomic E-state index is -0.556. The van der Waals surface area contributed by atoms with Gasteiger partial charge in [0.2, 0.25) is 5.91 Å². The van der Waals surface area contributed by atoms with Crippen LogP contribution >= 0.6 is 0 Å². The molecule has 7 nitrogen and oxygen atoms in total. The third-order valence-electron chi connectivity index (χ3n) is 5.47. The van der Waals surface area contributed by atoms with Crippen LogP contribution in [0.2, 0.25) is 0 Å². The lowest BCUT2D eigenvalue weighted by atomic mass is 9.82. The average Bonchev–Trinajstić information content (AvgIpc) is 2.61. The molecule has 2 fully saturated rings. The lowest BCUT2D eigenvalue weighted by Gasteiger charge is -2.38. The molecule has 1 saturated carbocycles. The number of hydrogen-bond donors (Lipinski definition) is 1. The predicted molar refractivity (Wildman–Crippen MR) is 106 cm³/mol. The van der Waals surface area contributed by atoms with E-state index < -0.39 is 11.7 Å². The number of rotatable bonds is 5. The number of carbonyl (C=O) groups is 3. The maximum absolute atomic E-state index is 13.1. The topological polar surface area (TPSA) is 84.9 Å². The van der Waals surface area contributed by atoms with Crippen LogP contribution in [0.25, 0.3) is 0 Å². The molecular formula is C21H36N2O5. The third-order valence-corrected chi connectivity index (χ3v) is 5.47. The second kappa shape index (κ2) is 10.1. The Balaban J connectivity index is 1.87. The van der Waals surface area contributed by atoms with Crippen LogP contribution in [-0.2, 0) is 19.1 Å². The fourth-order valence-electron chi connectivity index (χ4n) is 4.11. The number of likely N-dealkylation sites (tertiary alicyclic amines) is 1. The second-order valence-corrected chi connectivity index (χ2v) is 8.92. The Morgan fingerprint density at radius 1 is 1.04 bits per heavy atom. The van der Waals surface area contributed by atoms with Crippen molar-refractivity contribution >= 4 is 18.0 Å². The molecule has 0 bridgehead atoms. The van der Waals surface area contributed by atoms with E-state index in [2.05, 4.69) is 5.32 Å². The van der Waals surface area contributed by atoms with Gasteiger partial charge in [-0.2, -0.15) is 0 Å². The molecule has 1 aliphatic heterocycles. The van der Waals surface area contributed by atoms with E-state index in [1.54, 1.807) is 0 Å². The van der Waals surface area contributed by atoms with E-state index in [4.69, 9.17) is 9.47 Å². The Hall–Kier alpha value is -1.79. The third kappa shape index (κ3) is 6.99. The summed E-state index contributed by atoms with van der Waals surface area (Å²) in [6, 6.07) is -0.173. The smallest absolute Gasteiger partial charge is 0.407 e. The summed E-state index contributed by atoms with van der Waals surface area (Å²) in [6.07, 6.45) is 5.22. The standard InChI is InChI=1S/C21H36N2O5/c1-5-27-18(24)14-15-10-12-23(13-11-15)19(25)16-8-6-7-9-17(16)22-20(26)28-21(2,3)4/h15-17H,5-14H2,1-4H3,(H,22,26). The largest absolute Gasteiger partial charge is 0.466 e. The normalized spacial score (nSPS) is 23.8. The molecule has 1 N–H and O–H groups in total. The fraction of sp³-hybridized carbons (Fsp3) is 0.857. The number of amides is 2. The number of nitrogens with zero attached hydrogens (tertiary/aromatic N) is 1. The van der Waals surface area contributed by atoms with Gasteiger partial charge in [-0.3, -0.25) is 9.59 Å². The maximum Gasteiger partial charge on any atom is 0.407 e. The van der Waals surface area contributed by atoms with Gasteiger partial charge in [-0.15, -0.1) is 0 Å². The molecule has 0 spiro atoms. The molecule has 28 heavy (non-hydrogen) atoms. The number of nitrogens with one attached hydrogen (secondary N) is 1. The van der Waals surface area contributed by atoms with Gasteiger partial charge in [0.15, 0.2) is 0 Å². The van der Waals surface area contributed by atoms with E-state index in [0.717, 1.165) is 38.5 Å². The van der Waals surface area contributed by atoms with Gasteiger partial charge < -0.3 is 19.7 Å². The molecule has 1 aliphatic carbocycles. The average molecular weight is 397 g/mol. The Bertz CT molecular complexity index is 549. The van der Waals surface area contributed by atoms with E-state index in [1.807, 2.05) is 32.6 Å². The number of ether oxygens (including phenoxy) is 2. The molecule has 1 saturated heterocycles. The van der Waals surface area contributed by atoms with Crippen LogP contribution in [0, 0.1) is 11.8 Å². The molecule has 0 aromatic heterocycles. The highest BCUT2D eigenvalue weighted by Gasteiger charge is 2.36. The Labute approximate surface area is 168 Å². The Morgan fingerprint density at radius 2 is 1.68 bits per heavy atom. The van der Waals surface area contributed by atoms with Crippen LogP contribution in [-0.4, -0.2) is 54.2 Å². The van der Waals surface area contributed by atoms with E-state index in [1.165, 1.54) is 0 Å². The summed E-state index contributed by atoms with van der Waals surface area (Å²) < 4.78 is 10.4. The van der Waals surface area contributed by atoms with Crippen molar-refractivity contribution in [2.75, 3.05) is 19.7 Å². The van der Waals surface area contributed by atoms with Gasteiger partial charge >= 0.3 is 12.1 Å². The molecule has 0 aromatic carbocycles. The van der Waals surface area contributed by atoms with Crippen LogP contribution in [0.15, 0.2) is 0 Å². The van der Waals surface area contributed by atoms with Crippen LogP contribution in [0.1, 0.15) is 72.6 Å². The predicted octanol–water partition coefficient (Wildman–Crippen LogP) is 3.26. The van der Waals surface area contributed by atoms with E-state index >= 15 is 0 Å². The maximum atomic E-state index is 13.1. The Kier molecular flexibility index (Phi) is 8.13. The van der Waals surface area contributed by atoms with Crippen molar-refractivity contribution in [3.05, 3.63) is 0 Å². The zero-order valence-electron chi connectivity index (χ0n) is 17.8. The van der Waals surface area contributed by atoms with Crippen molar-refractivity contribution in [3.8, 4) is 0 Å². The van der Waals surface area contributed by atoms with Crippen LogP contribution in [0.5, 0.6) is 0 Å². The fourth-order valence-corrected chi connectivity index (χ4v) is 4.11. The number of carbonyl (C=O) groups excluding carboxylic acids is 3. The second-order valence-electron chi connectivity index (χ2n) is 8.92. The van der Waals surface area contributed by atoms with Gasteiger partial charge in [-0.25, -0.2) is 4.79 Å². The van der Waals surface area contributed by atoms with Gasteiger partial charge in [-0.1, -0.05) is 12.8 Å². The van der Waals surface area contributed by atoms with E-state index in [0.29, 0.717) is 26.1 Å². The molecule has 2 unspecified atom stereocenters. The van der Waals surface area contributed by atoms with Crippen molar-refractivity contribution in [3.63, 3.8) is 0 Å².